The standard InChI is InChI=1S/C15H16BrNO2.C10H8BrN.C10H18O5/c1-15(2,3)19-14(18)17-13-9-8-12(16)10-6-4-5-7-11(10)13;11-9-5-6-10(12)8-4-2-1-3-7(8)9;1-9(2,3)14-7(11)13-8(12)15-10(4,5)6/h4-9H,1-3H3,(H,17,18);1-6H,12H2;1-6H3. The summed E-state index contributed by atoms with van der Waals surface area (Å²) in [5, 5.41) is 7.08. The van der Waals surface area contributed by atoms with Crippen LogP contribution in [0.5, 0.6) is 0 Å². The maximum Gasteiger partial charge on any atom is 0.519 e. The van der Waals surface area contributed by atoms with Crippen molar-refractivity contribution >= 4 is 83.2 Å². The Kier molecular flexibility index (Phi) is 13.5. The van der Waals surface area contributed by atoms with E-state index in [-0.39, 0.29) is 0 Å². The Morgan fingerprint density at radius 2 is 0.957 bits per heavy atom. The highest BCUT2D eigenvalue weighted by molar-refractivity contribution is 9.11. The summed E-state index contributed by atoms with van der Waals surface area (Å²) in [6.45, 7) is 15.5. The minimum atomic E-state index is -1.06. The monoisotopic (exact) mass is 760 g/mol. The summed E-state index contributed by atoms with van der Waals surface area (Å²) in [4.78, 5) is 33.8. The highest BCUT2D eigenvalue weighted by atomic mass is 79.9. The number of hydrogen-bond acceptors (Lipinski definition) is 8. The number of carbonyl (C=O) groups excluding carboxylic acids is 3. The summed E-state index contributed by atoms with van der Waals surface area (Å²) in [6, 6.07) is 23.6. The fourth-order valence-electron chi connectivity index (χ4n) is 3.68. The first-order chi connectivity index (χ1) is 21.1. The molecular formula is C35H42Br2N2O7. The number of halogens is 2. The van der Waals surface area contributed by atoms with Gasteiger partial charge in [0.2, 0.25) is 0 Å². The van der Waals surface area contributed by atoms with E-state index in [1.54, 1.807) is 41.5 Å². The summed E-state index contributed by atoms with van der Waals surface area (Å²) in [7, 11) is 0. The number of amides is 1. The van der Waals surface area contributed by atoms with E-state index in [0.717, 1.165) is 41.9 Å². The Hall–Kier alpha value is -3.83. The lowest BCUT2D eigenvalue weighted by Crippen LogP contribution is -2.29. The van der Waals surface area contributed by atoms with E-state index in [9.17, 15) is 14.4 Å². The van der Waals surface area contributed by atoms with Crippen LogP contribution >= 0.6 is 31.9 Å². The summed E-state index contributed by atoms with van der Waals surface area (Å²) in [5.74, 6) is 0. The fraction of sp³-hybridized carbons (Fsp3) is 0.343. The van der Waals surface area contributed by atoms with Gasteiger partial charge in [0.25, 0.3) is 0 Å². The van der Waals surface area contributed by atoms with E-state index in [1.165, 1.54) is 0 Å². The van der Waals surface area contributed by atoms with Gasteiger partial charge in [-0.15, -0.1) is 0 Å². The summed E-state index contributed by atoms with van der Waals surface area (Å²) < 4.78 is 21.1. The molecule has 0 aromatic heterocycles. The molecule has 46 heavy (non-hydrogen) atoms. The Labute approximate surface area is 287 Å². The maximum absolute atomic E-state index is 11.8. The second-order valence-corrected chi connectivity index (χ2v) is 14.7. The second-order valence-electron chi connectivity index (χ2n) is 13.0. The van der Waals surface area contributed by atoms with Crippen molar-refractivity contribution < 1.29 is 33.3 Å². The van der Waals surface area contributed by atoms with Crippen LogP contribution < -0.4 is 11.1 Å². The van der Waals surface area contributed by atoms with Gasteiger partial charge in [-0.2, -0.15) is 0 Å². The first-order valence-corrected chi connectivity index (χ1v) is 16.0. The summed E-state index contributed by atoms with van der Waals surface area (Å²) >= 11 is 6.98. The third-order valence-electron chi connectivity index (χ3n) is 5.36. The molecule has 0 atom stereocenters. The van der Waals surface area contributed by atoms with Crippen LogP contribution in [0.1, 0.15) is 62.3 Å². The van der Waals surface area contributed by atoms with Crippen molar-refractivity contribution in [2.45, 2.75) is 79.1 Å². The maximum atomic E-state index is 11.8. The smallest absolute Gasteiger partial charge is 0.444 e. The van der Waals surface area contributed by atoms with Crippen molar-refractivity contribution in [1.82, 2.24) is 0 Å². The predicted octanol–water partition coefficient (Wildman–Crippen LogP) is 11.0. The lowest BCUT2D eigenvalue weighted by molar-refractivity contribution is -0.0294. The Balaban J connectivity index is 0.000000247. The van der Waals surface area contributed by atoms with Gasteiger partial charge in [0.15, 0.2) is 0 Å². The molecule has 0 bridgehead atoms. The molecule has 0 fully saturated rings. The van der Waals surface area contributed by atoms with Gasteiger partial charge < -0.3 is 24.7 Å². The molecule has 1 amide bonds. The van der Waals surface area contributed by atoms with Gasteiger partial charge >= 0.3 is 18.4 Å². The first kappa shape index (κ1) is 38.4. The van der Waals surface area contributed by atoms with Gasteiger partial charge in [0.05, 0.1) is 5.69 Å². The number of nitrogens with two attached hydrogens (primary N) is 1. The average molecular weight is 763 g/mol. The predicted molar refractivity (Wildman–Crippen MR) is 191 cm³/mol. The molecule has 0 aliphatic rings. The molecule has 4 aromatic carbocycles. The molecule has 0 heterocycles. The number of nitrogens with one attached hydrogen (secondary N) is 1. The zero-order valence-electron chi connectivity index (χ0n) is 27.6. The molecule has 0 aliphatic carbocycles. The largest absolute Gasteiger partial charge is 0.519 e. The van der Waals surface area contributed by atoms with Crippen LogP contribution in [-0.4, -0.2) is 35.2 Å². The molecule has 0 spiro atoms. The fourth-order valence-corrected chi connectivity index (χ4v) is 4.64. The minimum absolute atomic E-state index is 0.444. The van der Waals surface area contributed by atoms with Gasteiger partial charge in [0, 0.05) is 25.4 Å². The molecule has 248 valence electrons. The highest BCUT2D eigenvalue weighted by Gasteiger charge is 2.24. The summed E-state index contributed by atoms with van der Waals surface area (Å²) in [6.07, 6.45) is -2.56. The molecule has 4 aromatic rings. The number of carbonyl (C=O) groups is 3. The van der Waals surface area contributed by atoms with E-state index in [2.05, 4.69) is 48.0 Å². The van der Waals surface area contributed by atoms with Crippen LogP contribution in [0.4, 0.5) is 25.8 Å². The third-order valence-corrected chi connectivity index (χ3v) is 6.74. The van der Waals surface area contributed by atoms with E-state index < -0.39 is 35.2 Å². The molecule has 0 aliphatic heterocycles. The quantitative estimate of drug-likeness (QED) is 0.0849. The summed E-state index contributed by atoms with van der Waals surface area (Å²) in [5.41, 5.74) is 5.48. The zero-order chi connectivity index (χ0) is 34.9. The van der Waals surface area contributed by atoms with Crippen molar-refractivity contribution in [3.8, 4) is 0 Å². The van der Waals surface area contributed by atoms with Crippen molar-refractivity contribution in [3.05, 3.63) is 81.7 Å². The van der Waals surface area contributed by atoms with E-state index in [1.807, 2.05) is 87.5 Å². The van der Waals surface area contributed by atoms with E-state index >= 15 is 0 Å². The molecular weight excluding hydrogens is 720 g/mol. The van der Waals surface area contributed by atoms with Gasteiger partial charge in [-0.1, -0.05) is 80.4 Å². The van der Waals surface area contributed by atoms with Crippen LogP contribution in [0.2, 0.25) is 0 Å². The van der Waals surface area contributed by atoms with Crippen molar-refractivity contribution in [3.63, 3.8) is 0 Å². The number of nitrogen functional groups attached to an aromatic ring is 1. The number of anilines is 2. The SMILES string of the molecule is CC(C)(C)OC(=O)Nc1ccc(Br)c2ccccc12.CC(C)(C)OC(=O)OC(=O)OC(C)(C)C.Nc1ccc(Br)c2ccccc12. The van der Waals surface area contributed by atoms with E-state index in [0.29, 0.717) is 0 Å². The third kappa shape index (κ3) is 13.7. The van der Waals surface area contributed by atoms with Gasteiger partial charge in [-0.05, 0) is 97.4 Å². The van der Waals surface area contributed by atoms with Gasteiger partial charge in [-0.25, -0.2) is 14.4 Å². The molecule has 4 rings (SSSR count). The lowest BCUT2D eigenvalue weighted by Gasteiger charge is -2.20. The Morgan fingerprint density at radius 3 is 1.39 bits per heavy atom. The normalized spacial score (nSPS) is 11.3. The second kappa shape index (κ2) is 16.1. The van der Waals surface area contributed by atoms with Gasteiger partial charge in [-0.3, -0.25) is 5.32 Å². The zero-order valence-corrected chi connectivity index (χ0v) is 30.8. The Morgan fingerprint density at radius 1 is 0.565 bits per heavy atom. The van der Waals surface area contributed by atoms with Crippen LogP contribution in [0, 0.1) is 0 Å². The van der Waals surface area contributed by atoms with Crippen LogP contribution in [0.15, 0.2) is 81.7 Å². The van der Waals surface area contributed by atoms with Crippen LogP contribution in [-0.2, 0) is 18.9 Å². The number of fused-ring (bicyclic) bond motifs is 2. The van der Waals surface area contributed by atoms with Gasteiger partial charge in [0.1, 0.15) is 16.8 Å². The van der Waals surface area contributed by atoms with E-state index in [4.69, 9.17) is 19.9 Å². The molecule has 0 radical (unpaired) electrons. The molecule has 9 nitrogen and oxygen atoms in total. The number of rotatable bonds is 1. The van der Waals surface area contributed by atoms with Crippen LogP contribution in [0.3, 0.4) is 0 Å². The van der Waals surface area contributed by atoms with Crippen LogP contribution in [0.25, 0.3) is 21.5 Å². The lowest BCUT2D eigenvalue weighted by atomic mass is 10.1. The van der Waals surface area contributed by atoms with Crippen molar-refractivity contribution in [2.24, 2.45) is 0 Å². The Bertz CT molecular complexity index is 1600. The minimum Gasteiger partial charge on any atom is -0.444 e. The average Bonchev–Trinajstić information content (AvgIpc) is 2.90. The highest BCUT2D eigenvalue weighted by Crippen LogP contribution is 2.30. The molecule has 0 saturated carbocycles. The number of hydrogen-bond donors (Lipinski definition) is 2. The molecule has 0 saturated heterocycles. The topological polar surface area (TPSA) is 126 Å². The van der Waals surface area contributed by atoms with Crippen molar-refractivity contribution in [1.29, 1.82) is 0 Å². The number of ether oxygens (including phenoxy) is 4. The molecule has 11 heteroatoms. The first-order valence-electron chi connectivity index (χ1n) is 14.4. The molecule has 0 unspecified atom stereocenters. The molecule has 3 N–H and O–H groups in total. The number of benzene rings is 4. The van der Waals surface area contributed by atoms with Crippen molar-refractivity contribution in [2.75, 3.05) is 11.1 Å².